The second-order valence-corrected chi connectivity index (χ2v) is 7.92. The van der Waals surface area contributed by atoms with Gasteiger partial charge in [0.05, 0.1) is 12.1 Å². The Kier molecular flexibility index (Phi) is 7.71. The summed E-state index contributed by atoms with van der Waals surface area (Å²) in [5, 5.41) is 15.5. The lowest BCUT2D eigenvalue weighted by Crippen LogP contribution is -2.51. The molecule has 0 saturated carbocycles. The molecule has 8 heteroatoms. The topological polar surface area (TPSA) is 81.7 Å². The number of aliphatic hydroxyl groups excluding tert-OH is 1. The van der Waals surface area contributed by atoms with E-state index in [1.165, 1.54) is 6.92 Å². The summed E-state index contributed by atoms with van der Waals surface area (Å²) in [5.74, 6) is -3.18. The van der Waals surface area contributed by atoms with Crippen molar-refractivity contribution < 1.29 is 23.5 Å². The van der Waals surface area contributed by atoms with Crippen LogP contribution in [0.25, 0.3) is 0 Å². The molecule has 2 aromatic carbocycles. The molecule has 6 nitrogen and oxygen atoms in total. The SMILES string of the molecule is CC(NC(=O)[C@H](O)c1cc(F)cc(F)c1)C(=O)N[C@H]1C=CCCN(C)C1c1ccccc1. The van der Waals surface area contributed by atoms with Crippen molar-refractivity contribution in [3.63, 3.8) is 0 Å². The van der Waals surface area contributed by atoms with Gasteiger partial charge in [0, 0.05) is 12.6 Å². The van der Waals surface area contributed by atoms with Crippen molar-refractivity contribution in [1.82, 2.24) is 15.5 Å². The van der Waals surface area contributed by atoms with E-state index in [2.05, 4.69) is 15.5 Å². The number of hydrogen-bond donors (Lipinski definition) is 3. The van der Waals surface area contributed by atoms with E-state index in [0.717, 1.165) is 30.7 Å². The van der Waals surface area contributed by atoms with Crippen LogP contribution in [0.1, 0.15) is 36.6 Å². The molecule has 2 aromatic rings. The number of hydrogen-bond acceptors (Lipinski definition) is 4. The number of benzene rings is 2. The monoisotopic (exact) mass is 443 g/mol. The molecular formula is C24H27F2N3O3. The van der Waals surface area contributed by atoms with Crippen molar-refractivity contribution in [2.45, 2.75) is 37.6 Å². The van der Waals surface area contributed by atoms with E-state index in [-0.39, 0.29) is 17.6 Å². The molecule has 0 aromatic heterocycles. The maximum Gasteiger partial charge on any atom is 0.254 e. The zero-order chi connectivity index (χ0) is 23.3. The molecule has 3 N–H and O–H groups in total. The first-order valence-electron chi connectivity index (χ1n) is 10.4. The molecule has 1 heterocycles. The Morgan fingerprint density at radius 2 is 1.75 bits per heavy atom. The van der Waals surface area contributed by atoms with Crippen molar-refractivity contribution in [2.75, 3.05) is 13.6 Å². The van der Waals surface area contributed by atoms with Gasteiger partial charge in [-0.1, -0.05) is 42.5 Å². The van der Waals surface area contributed by atoms with Crippen LogP contribution < -0.4 is 10.6 Å². The summed E-state index contributed by atoms with van der Waals surface area (Å²) in [6, 6.07) is 10.8. The summed E-state index contributed by atoms with van der Waals surface area (Å²) in [6.07, 6.45) is 2.99. The minimum Gasteiger partial charge on any atom is -0.378 e. The van der Waals surface area contributed by atoms with Gasteiger partial charge in [-0.3, -0.25) is 14.5 Å². The number of carbonyl (C=O) groups excluding carboxylic acids is 2. The maximum absolute atomic E-state index is 13.4. The fraction of sp³-hybridized carbons (Fsp3) is 0.333. The van der Waals surface area contributed by atoms with Crippen LogP contribution in [-0.2, 0) is 9.59 Å². The third kappa shape index (κ3) is 5.77. The highest BCUT2D eigenvalue weighted by molar-refractivity contribution is 5.89. The highest BCUT2D eigenvalue weighted by Gasteiger charge is 2.30. The molecular weight excluding hydrogens is 416 g/mol. The third-order valence-electron chi connectivity index (χ3n) is 5.46. The summed E-state index contributed by atoms with van der Waals surface area (Å²) in [4.78, 5) is 27.3. The van der Waals surface area contributed by atoms with Crippen LogP contribution in [0.15, 0.2) is 60.7 Å². The molecule has 0 saturated heterocycles. The molecule has 2 amide bonds. The molecule has 0 spiro atoms. The van der Waals surface area contributed by atoms with Crippen molar-refractivity contribution in [3.8, 4) is 0 Å². The van der Waals surface area contributed by atoms with Gasteiger partial charge in [-0.15, -0.1) is 0 Å². The van der Waals surface area contributed by atoms with E-state index < -0.39 is 35.6 Å². The first-order chi connectivity index (χ1) is 15.3. The molecule has 32 heavy (non-hydrogen) atoms. The number of nitrogens with zero attached hydrogens (tertiary/aromatic N) is 1. The van der Waals surface area contributed by atoms with E-state index in [1.807, 2.05) is 49.5 Å². The van der Waals surface area contributed by atoms with Gasteiger partial charge in [0.25, 0.3) is 5.91 Å². The molecule has 0 fully saturated rings. The van der Waals surface area contributed by atoms with E-state index in [9.17, 15) is 23.5 Å². The Hall–Kier alpha value is -3.10. The lowest BCUT2D eigenvalue weighted by molar-refractivity contribution is -0.134. The quantitative estimate of drug-likeness (QED) is 0.600. The van der Waals surface area contributed by atoms with E-state index in [0.29, 0.717) is 6.07 Å². The van der Waals surface area contributed by atoms with E-state index in [1.54, 1.807) is 0 Å². The number of nitrogens with one attached hydrogen (secondary N) is 2. The van der Waals surface area contributed by atoms with Gasteiger partial charge in [0.1, 0.15) is 17.7 Å². The van der Waals surface area contributed by atoms with Gasteiger partial charge in [0.2, 0.25) is 5.91 Å². The molecule has 1 aliphatic rings. The van der Waals surface area contributed by atoms with Gasteiger partial charge in [-0.25, -0.2) is 8.78 Å². The fourth-order valence-electron chi connectivity index (χ4n) is 3.81. The van der Waals surface area contributed by atoms with E-state index in [4.69, 9.17) is 0 Å². The van der Waals surface area contributed by atoms with Crippen molar-refractivity contribution in [3.05, 3.63) is 83.4 Å². The van der Waals surface area contributed by atoms with Gasteiger partial charge in [-0.2, -0.15) is 0 Å². The molecule has 4 atom stereocenters. The third-order valence-corrected chi connectivity index (χ3v) is 5.46. The van der Waals surface area contributed by atoms with Crippen LogP contribution in [0.3, 0.4) is 0 Å². The Balaban J connectivity index is 1.68. The molecule has 0 radical (unpaired) electrons. The first-order valence-corrected chi connectivity index (χ1v) is 10.4. The fourth-order valence-corrected chi connectivity index (χ4v) is 3.81. The summed E-state index contributed by atoms with van der Waals surface area (Å²) < 4.78 is 26.8. The number of likely N-dealkylation sites (N-methyl/N-ethyl adjacent to an activating group) is 1. The molecule has 0 bridgehead atoms. The maximum atomic E-state index is 13.4. The minimum absolute atomic E-state index is 0.0948. The standard InChI is InChI=1S/C24H27F2N3O3/c1-15(27-24(32)22(30)17-12-18(25)14-19(26)13-17)23(31)28-20-10-6-7-11-29(2)21(20)16-8-4-3-5-9-16/h3-6,8-10,12-15,20-22,30H,7,11H2,1-2H3,(H,27,32)(H,28,31)/t15?,20-,21?,22+/m0/s1. The zero-order valence-corrected chi connectivity index (χ0v) is 18.0. The number of halogens is 2. The van der Waals surface area contributed by atoms with Gasteiger partial charge < -0.3 is 15.7 Å². The second kappa shape index (κ2) is 10.5. The van der Waals surface area contributed by atoms with Crippen LogP contribution in [0.2, 0.25) is 0 Å². The Labute approximate surface area is 185 Å². The summed E-state index contributed by atoms with van der Waals surface area (Å²) >= 11 is 0. The smallest absolute Gasteiger partial charge is 0.254 e. The number of rotatable bonds is 6. The molecule has 3 rings (SSSR count). The molecule has 1 aliphatic heterocycles. The average molecular weight is 443 g/mol. The number of carbonyl (C=O) groups is 2. The van der Waals surface area contributed by atoms with Gasteiger partial charge in [-0.05, 0) is 43.7 Å². The highest BCUT2D eigenvalue weighted by atomic mass is 19.1. The Morgan fingerprint density at radius 1 is 1.09 bits per heavy atom. The lowest BCUT2D eigenvalue weighted by atomic mass is 9.98. The van der Waals surface area contributed by atoms with Crippen molar-refractivity contribution in [2.24, 2.45) is 0 Å². The normalized spacial score (nSPS) is 20.8. The predicted molar refractivity (Wildman–Crippen MR) is 116 cm³/mol. The molecule has 2 unspecified atom stereocenters. The molecule has 0 aliphatic carbocycles. The van der Waals surface area contributed by atoms with E-state index >= 15 is 0 Å². The van der Waals surface area contributed by atoms with Crippen molar-refractivity contribution >= 4 is 11.8 Å². The van der Waals surface area contributed by atoms with Gasteiger partial charge >= 0.3 is 0 Å². The molecule has 170 valence electrons. The highest BCUT2D eigenvalue weighted by Crippen LogP contribution is 2.26. The summed E-state index contributed by atoms with van der Waals surface area (Å²) in [6.45, 7) is 2.30. The Morgan fingerprint density at radius 3 is 2.41 bits per heavy atom. The van der Waals surface area contributed by atoms with Crippen LogP contribution >= 0.6 is 0 Å². The minimum atomic E-state index is -1.81. The van der Waals surface area contributed by atoms with Crippen LogP contribution in [0.5, 0.6) is 0 Å². The summed E-state index contributed by atoms with van der Waals surface area (Å²) in [5.41, 5.74) is 0.817. The number of amides is 2. The van der Waals surface area contributed by atoms with Gasteiger partial charge in [0.15, 0.2) is 6.10 Å². The Bertz CT molecular complexity index is 963. The predicted octanol–water partition coefficient (Wildman–Crippen LogP) is 2.62. The largest absolute Gasteiger partial charge is 0.378 e. The average Bonchev–Trinajstić information content (AvgIpc) is 2.93. The van der Waals surface area contributed by atoms with Crippen LogP contribution in [0.4, 0.5) is 8.78 Å². The first kappa shape index (κ1) is 23.6. The van der Waals surface area contributed by atoms with Crippen molar-refractivity contribution in [1.29, 1.82) is 0 Å². The van der Waals surface area contributed by atoms with Crippen LogP contribution in [0, 0.1) is 11.6 Å². The van der Waals surface area contributed by atoms with Crippen LogP contribution in [-0.4, -0.2) is 47.5 Å². The summed E-state index contributed by atoms with van der Waals surface area (Å²) in [7, 11) is 1.99. The lowest BCUT2D eigenvalue weighted by Gasteiger charge is -2.33. The number of aliphatic hydroxyl groups is 1. The second-order valence-electron chi connectivity index (χ2n) is 7.92. The zero-order valence-electron chi connectivity index (χ0n) is 18.0.